The Kier molecular flexibility index (Phi) is 5.33. The second kappa shape index (κ2) is 6.78. The third-order valence-electron chi connectivity index (χ3n) is 2.09. The zero-order valence-corrected chi connectivity index (χ0v) is 10.9. The van der Waals surface area contributed by atoms with Crippen molar-refractivity contribution in [3.63, 3.8) is 0 Å². The lowest BCUT2D eigenvalue weighted by molar-refractivity contribution is 0.294. The van der Waals surface area contributed by atoms with Crippen LogP contribution in [0.5, 0.6) is 11.5 Å². The average molecular weight is 236 g/mol. The van der Waals surface area contributed by atoms with Gasteiger partial charge in [-0.3, -0.25) is 0 Å². The molecule has 0 aromatic heterocycles. The number of methoxy groups -OCH3 is 1. The highest BCUT2D eigenvalue weighted by Gasteiger charge is 2.04. The van der Waals surface area contributed by atoms with Crippen LogP contribution in [0.4, 0.5) is 0 Å². The Morgan fingerprint density at radius 2 is 2.06 bits per heavy atom. The number of rotatable bonds is 6. The molecule has 0 saturated heterocycles. The first-order valence-corrected chi connectivity index (χ1v) is 5.69. The Balaban J connectivity index is 2.84. The van der Waals surface area contributed by atoms with Crippen LogP contribution in [0.25, 0.3) is 0 Å². The van der Waals surface area contributed by atoms with Crippen molar-refractivity contribution in [1.29, 1.82) is 0 Å². The minimum atomic E-state index is 0.696. The van der Waals surface area contributed by atoms with Gasteiger partial charge >= 0.3 is 0 Å². The van der Waals surface area contributed by atoms with E-state index in [1.54, 1.807) is 18.3 Å². The standard InChI is InChI=1S/C13H20N2O2/c1-5-8-17-12-7-6-11(9-13(12)16-4)10-14-15(2)3/h6-7,9-10H,5,8H2,1-4H3/b14-10+. The van der Waals surface area contributed by atoms with E-state index in [4.69, 9.17) is 9.47 Å². The van der Waals surface area contributed by atoms with Crippen LogP contribution in [-0.2, 0) is 0 Å². The number of hydrogen-bond acceptors (Lipinski definition) is 4. The van der Waals surface area contributed by atoms with Crippen LogP contribution in [0, 0.1) is 0 Å². The summed E-state index contributed by atoms with van der Waals surface area (Å²) in [6, 6.07) is 5.78. The second-order valence-electron chi connectivity index (χ2n) is 3.85. The molecule has 0 fully saturated rings. The Morgan fingerprint density at radius 3 is 2.65 bits per heavy atom. The van der Waals surface area contributed by atoms with Crippen molar-refractivity contribution in [2.24, 2.45) is 5.10 Å². The Labute approximate surface area is 103 Å². The molecular formula is C13H20N2O2. The maximum atomic E-state index is 5.58. The second-order valence-corrected chi connectivity index (χ2v) is 3.85. The molecule has 94 valence electrons. The van der Waals surface area contributed by atoms with Gasteiger partial charge in [0.05, 0.1) is 19.9 Å². The highest BCUT2D eigenvalue weighted by Crippen LogP contribution is 2.27. The van der Waals surface area contributed by atoms with E-state index in [2.05, 4.69) is 12.0 Å². The molecular weight excluding hydrogens is 216 g/mol. The maximum Gasteiger partial charge on any atom is 0.161 e. The molecule has 1 aromatic carbocycles. The van der Waals surface area contributed by atoms with Gasteiger partial charge in [0.15, 0.2) is 11.5 Å². The van der Waals surface area contributed by atoms with Gasteiger partial charge in [-0.2, -0.15) is 5.10 Å². The lowest BCUT2D eigenvalue weighted by atomic mass is 10.2. The fourth-order valence-electron chi connectivity index (χ4n) is 1.28. The monoisotopic (exact) mass is 236 g/mol. The van der Waals surface area contributed by atoms with E-state index in [9.17, 15) is 0 Å². The number of hydrogen-bond donors (Lipinski definition) is 0. The van der Waals surface area contributed by atoms with Gasteiger partial charge < -0.3 is 14.5 Å². The summed E-state index contributed by atoms with van der Waals surface area (Å²) >= 11 is 0. The van der Waals surface area contributed by atoms with E-state index in [1.807, 2.05) is 32.3 Å². The molecule has 0 unspecified atom stereocenters. The predicted molar refractivity (Wildman–Crippen MR) is 70.1 cm³/mol. The summed E-state index contributed by atoms with van der Waals surface area (Å²) in [5.74, 6) is 1.51. The molecule has 0 bridgehead atoms. The van der Waals surface area contributed by atoms with Crippen molar-refractivity contribution < 1.29 is 9.47 Å². The van der Waals surface area contributed by atoms with Gasteiger partial charge in [0.1, 0.15) is 0 Å². The van der Waals surface area contributed by atoms with Crippen LogP contribution in [0.1, 0.15) is 18.9 Å². The summed E-state index contributed by atoms with van der Waals surface area (Å²) in [5, 5.41) is 5.92. The molecule has 0 saturated carbocycles. The van der Waals surface area contributed by atoms with Crippen LogP contribution in [-0.4, -0.2) is 39.0 Å². The third-order valence-corrected chi connectivity index (χ3v) is 2.09. The van der Waals surface area contributed by atoms with Crippen LogP contribution < -0.4 is 9.47 Å². The fraction of sp³-hybridized carbons (Fsp3) is 0.462. The Morgan fingerprint density at radius 1 is 1.29 bits per heavy atom. The molecule has 0 aliphatic rings. The fourth-order valence-corrected chi connectivity index (χ4v) is 1.28. The van der Waals surface area contributed by atoms with Gasteiger partial charge in [0, 0.05) is 14.1 Å². The van der Waals surface area contributed by atoms with Gasteiger partial charge in [0.2, 0.25) is 0 Å². The van der Waals surface area contributed by atoms with Crippen LogP contribution in [0.2, 0.25) is 0 Å². The average Bonchev–Trinajstić information content (AvgIpc) is 2.34. The summed E-state index contributed by atoms with van der Waals surface area (Å²) in [6.07, 6.45) is 2.76. The van der Waals surface area contributed by atoms with Crippen molar-refractivity contribution in [2.75, 3.05) is 27.8 Å². The van der Waals surface area contributed by atoms with Gasteiger partial charge in [-0.1, -0.05) is 6.92 Å². The van der Waals surface area contributed by atoms with Crippen molar-refractivity contribution in [3.8, 4) is 11.5 Å². The van der Waals surface area contributed by atoms with Crippen molar-refractivity contribution in [3.05, 3.63) is 23.8 Å². The summed E-state index contributed by atoms with van der Waals surface area (Å²) in [4.78, 5) is 0. The lowest BCUT2D eigenvalue weighted by Gasteiger charge is -2.10. The molecule has 0 radical (unpaired) electrons. The minimum Gasteiger partial charge on any atom is -0.493 e. The molecule has 0 heterocycles. The first-order chi connectivity index (χ1) is 8.17. The zero-order chi connectivity index (χ0) is 12.7. The van der Waals surface area contributed by atoms with Crippen LogP contribution >= 0.6 is 0 Å². The van der Waals surface area contributed by atoms with E-state index >= 15 is 0 Å². The normalized spacial score (nSPS) is 10.6. The summed E-state index contributed by atoms with van der Waals surface area (Å²) in [7, 11) is 5.40. The van der Waals surface area contributed by atoms with Crippen LogP contribution in [0.15, 0.2) is 23.3 Å². The van der Waals surface area contributed by atoms with E-state index in [0.717, 1.165) is 23.5 Å². The topological polar surface area (TPSA) is 34.1 Å². The Bertz CT molecular complexity index is 376. The molecule has 0 aliphatic heterocycles. The molecule has 1 rings (SSSR count). The van der Waals surface area contributed by atoms with Crippen LogP contribution in [0.3, 0.4) is 0 Å². The first kappa shape index (κ1) is 13.4. The minimum absolute atomic E-state index is 0.696. The van der Waals surface area contributed by atoms with Gasteiger partial charge in [-0.05, 0) is 30.2 Å². The predicted octanol–water partition coefficient (Wildman–Crippen LogP) is 2.38. The van der Waals surface area contributed by atoms with Crippen molar-refractivity contribution in [1.82, 2.24) is 5.01 Å². The summed E-state index contributed by atoms with van der Waals surface area (Å²) in [5.41, 5.74) is 0.986. The molecule has 0 aliphatic carbocycles. The van der Waals surface area contributed by atoms with Gasteiger partial charge in [-0.25, -0.2) is 0 Å². The highest BCUT2D eigenvalue weighted by molar-refractivity contribution is 5.80. The Hall–Kier alpha value is -1.71. The van der Waals surface area contributed by atoms with E-state index < -0.39 is 0 Å². The molecule has 4 nitrogen and oxygen atoms in total. The summed E-state index contributed by atoms with van der Waals surface area (Å²) < 4.78 is 10.9. The maximum absolute atomic E-state index is 5.58. The number of benzene rings is 1. The van der Waals surface area contributed by atoms with Crippen molar-refractivity contribution >= 4 is 6.21 Å². The molecule has 17 heavy (non-hydrogen) atoms. The number of nitrogens with zero attached hydrogens (tertiary/aromatic N) is 2. The SMILES string of the molecule is CCCOc1ccc(/C=N/N(C)C)cc1OC. The third kappa shape index (κ3) is 4.34. The lowest BCUT2D eigenvalue weighted by Crippen LogP contribution is -2.02. The van der Waals surface area contributed by atoms with E-state index in [0.29, 0.717) is 6.61 Å². The van der Waals surface area contributed by atoms with Crippen molar-refractivity contribution in [2.45, 2.75) is 13.3 Å². The molecule has 0 amide bonds. The molecule has 0 spiro atoms. The summed E-state index contributed by atoms with van der Waals surface area (Å²) in [6.45, 7) is 2.77. The molecule has 0 atom stereocenters. The molecule has 1 aromatic rings. The first-order valence-electron chi connectivity index (χ1n) is 5.69. The largest absolute Gasteiger partial charge is 0.493 e. The van der Waals surface area contributed by atoms with E-state index in [-0.39, 0.29) is 0 Å². The smallest absolute Gasteiger partial charge is 0.161 e. The molecule has 0 N–H and O–H groups in total. The number of ether oxygens (including phenoxy) is 2. The highest BCUT2D eigenvalue weighted by atomic mass is 16.5. The zero-order valence-electron chi connectivity index (χ0n) is 10.9. The number of hydrazone groups is 1. The quantitative estimate of drug-likeness (QED) is 0.562. The molecule has 4 heteroatoms. The van der Waals surface area contributed by atoms with E-state index in [1.165, 1.54) is 0 Å². The van der Waals surface area contributed by atoms with Gasteiger partial charge in [-0.15, -0.1) is 0 Å². The van der Waals surface area contributed by atoms with Gasteiger partial charge in [0.25, 0.3) is 0 Å².